The van der Waals surface area contributed by atoms with Gasteiger partial charge < -0.3 is 5.11 Å². The number of carbonyl (C=O) groups is 2. The molecule has 1 aliphatic heterocycles. The van der Waals surface area contributed by atoms with E-state index in [9.17, 15) is 18.0 Å². The molecular weight excluding hydrogens is 326 g/mol. The van der Waals surface area contributed by atoms with Crippen molar-refractivity contribution in [3.05, 3.63) is 0 Å². The number of carboxylic acids is 1. The number of amidine groups is 1. The Morgan fingerprint density at radius 3 is 2.57 bits per heavy atom. The first kappa shape index (κ1) is 19.2. The lowest BCUT2D eigenvalue weighted by atomic mass is 9.89. The second-order valence-corrected chi connectivity index (χ2v) is 7.47. The Balaban J connectivity index is 2.37. The molecule has 0 fully saturated rings. The standard InChI is InChI=1S/C12H23N5O5S/c1-8(6-10-13-16-17-14-10)9(2)7-11(18)15-23(21,22)5-3-4-12(19)20/h8-9,16-17H,3-7H2,1-2H3,(H,13,14)(H,15,18)(H,19,20). The molecule has 5 N–H and O–H groups in total. The van der Waals surface area contributed by atoms with E-state index >= 15 is 0 Å². The fourth-order valence-electron chi connectivity index (χ4n) is 2.00. The number of hydrogen-bond acceptors (Lipinski definition) is 8. The van der Waals surface area contributed by atoms with E-state index in [-0.39, 0.29) is 36.9 Å². The van der Waals surface area contributed by atoms with Crippen molar-refractivity contribution in [1.82, 2.24) is 21.2 Å². The summed E-state index contributed by atoms with van der Waals surface area (Å²) in [7, 11) is -3.79. The summed E-state index contributed by atoms with van der Waals surface area (Å²) >= 11 is 0. The van der Waals surface area contributed by atoms with Crippen molar-refractivity contribution in [1.29, 1.82) is 0 Å². The molecule has 2 atom stereocenters. The molecule has 0 radical (unpaired) electrons. The minimum atomic E-state index is -3.79. The maximum atomic E-state index is 11.8. The lowest BCUT2D eigenvalue weighted by Gasteiger charge is -2.19. The van der Waals surface area contributed by atoms with Crippen molar-refractivity contribution >= 4 is 27.7 Å². The zero-order valence-corrected chi connectivity index (χ0v) is 13.9. The van der Waals surface area contributed by atoms with Crippen molar-refractivity contribution in [2.24, 2.45) is 16.9 Å². The highest BCUT2D eigenvalue weighted by molar-refractivity contribution is 7.90. The van der Waals surface area contributed by atoms with Gasteiger partial charge in [0.05, 0.1) is 5.75 Å². The number of rotatable bonds is 10. The van der Waals surface area contributed by atoms with Gasteiger partial charge in [-0.1, -0.05) is 13.8 Å². The summed E-state index contributed by atoms with van der Waals surface area (Å²) < 4.78 is 25.3. The molecule has 0 spiro atoms. The number of hydrazone groups is 1. The number of nitrogens with zero attached hydrogens (tertiary/aromatic N) is 1. The molecule has 0 aromatic carbocycles. The number of carbonyl (C=O) groups excluding carboxylic acids is 1. The maximum Gasteiger partial charge on any atom is 0.303 e. The van der Waals surface area contributed by atoms with Crippen LogP contribution in [0.1, 0.15) is 39.5 Å². The number of sulfonamides is 1. The van der Waals surface area contributed by atoms with Crippen molar-refractivity contribution in [3.8, 4) is 0 Å². The van der Waals surface area contributed by atoms with Crippen LogP contribution in [0, 0.1) is 11.8 Å². The maximum absolute atomic E-state index is 11.8. The number of amides is 1. The predicted molar refractivity (Wildman–Crippen MR) is 83.2 cm³/mol. The third-order valence-corrected chi connectivity index (χ3v) is 4.89. The summed E-state index contributed by atoms with van der Waals surface area (Å²) in [5, 5.41) is 12.4. The Bertz CT molecular complexity index is 562. The molecule has 10 nitrogen and oxygen atoms in total. The quantitative estimate of drug-likeness (QED) is 0.347. The first-order valence-electron chi connectivity index (χ1n) is 7.27. The monoisotopic (exact) mass is 349 g/mol. The van der Waals surface area contributed by atoms with Gasteiger partial charge in [0.1, 0.15) is 5.84 Å². The molecule has 0 aromatic heterocycles. The van der Waals surface area contributed by atoms with Crippen LogP contribution < -0.4 is 21.2 Å². The van der Waals surface area contributed by atoms with Crippen molar-refractivity contribution < 1.29 is 23.1 Å². The second-order valence-electron chi connectivity index (χ2n) is 5.62. The van der Waals surface area contributed by atoms with Crippen LogP contribution in [-0.4, -0.2) is 37.0 Å². The van der Waals surface area contributed by atoms with E-state index < -0.39 is 21.9 Å². The largest absolute Gasteiger partial charge is 0.481 e. The molecule has 132 valence electrons. The van der Waals surface area contributed by atoms with Gasteiger partial charge in [0, 0.05) is 19.3 Å². The number of carboxylic acid groups (broad SMARTS) is 1. The molecule has 1 heterocycles. The normalized spacial score (nSPS) is 16.7. The Kier molecular flexibility index (Phi) is 7.23. The summed E-state index contributed by atoms with van der Waals surface area (Å²) in [5.74, 6) is -1.25. The molecule has 23 heavy (non-hydrogen) atoms. The van der Waals surface area contributed by atoms with Gasteiger partial charge in [-0.25, -0.2) is 14.0 Å². The van der Waals surface area contributed by atoms with E-state index in [0.29, 0.717) is 12.3 Å². The van der Waals surface area contributed by atoms with Crippen LogP contribution in [-0.2, 0) is 19.6 Å². The molecule has 0 aliphatic carbocycles. The number of nitrogens with one attached hydrogen (secondary N) is 4. The third-order valence-electron chi connectivity index (χ3n) is 3.52. The zero-order chi connectivity index (χ0) is 17.5. The topological polar surface area (TPSA) is 149 Å². The van der Waals surface area contributed by atoms with Crippen LogP contribution in [0.2, 0.25) is 0 Å². The Morgan fingerprint density at radius 2 is 2.00 bits per heavy atom. The first-order chi connectivity index (χ1) is 10.7. The van der Waals surface area contributed by atoms with Gasteiger partial charge in [0.15, 0.2) is 0 Å². The highest BCUT2D eigenvalue weighted by Gasteiger charge is 2.22. The summed E-state index contributed by atoms with van der Waals surface area (Å²) in [5.41, 5.74) is 7.96. The van der Waals surface area contributed by atoms with E-state index in [4.69, 9.17) is 5.11 Å². The number of aliphatic carboxylic acids is 1. The van der Waals surface area contributed by atoms with E-state index in [1.807, 2.05) is 18.6 Å². The van der Waals surface area contributed by atoms with Crippen LogP contribution in [0.4, 0.5) is 0 Å². The minimum Gasteiger partial charge on any atom is -0.481 e. The van der Waals surface area contributed by atoms with E-state index in [1.165, 1.54) is 0 Å². The van der Waals surface area contributed by atoms with E-state index in [1.54, 1.807) is 0 Å². The summed E-state index contributed by atoms with van der Waals surface area (Å²) in [6.07, 6.45) is 0.391. The first-order valence-corrected chi connectivity index (χ1v) is 8.92. The average molecular weight is 349 g/mol. The third kappa shape index (κ3) is 7.79. The molecule has 0 aromatic rings. The highest BCUT2D eigenvalue weighted by Crippen LogP contribution is 2.19. The van der Waals surface area contributed by atoms with Crippen LogP contribution in [0.5, 0.6) is 0 Å². The fraction of sp³-hybridized carbons (Fsp3) is 0.750. The SMILES string of the molecule is CC(CC(=O)NS(=O)(=O)CCCC(=O)O)C(C)CC1=NNNN1. The fourth-order valence-corrected chi connectivity index (χ4v) is 3.06. The van der Waals surface area contributed by atoms with Gasteiger partial charge in [0.25, 0.3) is 0 Å². The van der Waals surface area contributed by atoms with Gasteiger partial charge in [0.2, 0.25) is 15.9 Å². The molecule has 1 aliphatic rings. The number of hydrogen-bond donors (Lipinski definition) is 5. The van der Waals surface area contributed by atoms with Gasteiger partial charge in [-0.2, -0.15) is 0 Å². The Morgan fingerprint density at radius 1 is 1.30 bits per heavy atom. The molecule has 11 heteroatoms. The smallest absolute Gasteiger partial charge is 0.303 e. The summed E-state index contributed by atoms with van der Waals surface area (Å²) in [6, 6.07) is 0. The summed E-state index contributed by atoms with van der Waals surface area (Å²) in [4.78, 5) is 22.2. The lowest BCUT2D eigenvalue weighted by molar-refractivity contribution is -0.137. The highest BCUT2D eigenvalue weighted by atomic mass is 32.2. The molecule has 1 amide bonds. The molecule has 1 rings (SSSR count). The van der Waals surface area contributed by atoms with Gasteiger partial charge in [-0.05, 0) is 18.3 Å². The summed E-state index contributed by atoms with van der Waals surface area (Å²) in [6.45, 7) is 3.81. The lowest BCUT2D eigenvalue weighted by Crippen LogP contribution is -2.36. The van der Waals surface area contributed by atoms with Crippen molar-refractivity contribution in [2.75, 3.05) is 5.75 Å². The van der Waals surface area contributed by atoms with E-state index in [0.717, 1.165) is 0 Å². The Labute approximate surface area is 135 Å². The molecule has 0 bridgehead atoms. The van der Waals surface area contributed by atoms with Gasteiger partial charge in [-0.3, -0.25) is 19.7 Å². The second kappa shape index (κ2) is 8.67. The van der Waals surface area contributed by atoms with E-state index in [2.05, 4.69) is 21.6 Å². The van der Waals surface area contributed by atoms with Crippen LogP contribution in [0.25, 0.3) is 0 Å². The molecule has 0 saturated heterocycles. The molecule has 0 saturated carbocycles. The van der Waals surface area contributed by atoms with Gasteiger partial charge >= 0.3 is 5.97 Å². The average Bonchev–Trinajstić information content (AvgIpc) is 2.89. The zero-order valence-electron chi connectivity index (χ0n) is 13.1. The van der Waals surface area contributed by atoms with Crippen molar-refractivity contribution in [2.45, 2.75) is 39.5 Å². The predicted octanol–water partition coefficient (Wildman–Crippen LogP) is -0.724. The van der Waals surface area contributed by atoms with Crippen LogP contribution in [0.3, 0.4) is 0 Å². The molecule has 2 unspecified atom stereocenters. The van der Waals surface area contributed by atoms with Crippen LogP contribution in [0.15, 0.2) is 5.10 Å². The van der Waals surface area contributed by atoms with Gasteiger partial charge in [-0.15, -0.1) is 10.6 Å². The van der Waals surface area contributed by atoms with Crippen LogP contribution >= 0.6 is 0 Å². The molecular formula is C12H23N5O5S. The van der Waals surface area contributed by atoms with Crippen molar-refractivity contribution in [3.63, 3.8) is 0 Å². The Hall–Kier alpha value is -1.88. The minimum absolute atomic E-state index is 0.0323. The number of hydrazine groups is 2.